The van der Waals surface area contributed by atoms with Crippen LogP contribution in [0.15, 0.2) is 6.20 Å². The van der Waals surface area contributed by atoms with Crippen molar-refractivity contribution < 1.29 is 4.74 Å². The first-order chi connectivity index (χ1) is 8.81. The first-order valence-corrected chi connectivity index (χ1v) is 7.54. The van der Waals surface area contributed by atoms with Crippen molar-refractivity contribution in [2.45, 2.75) is 44.0 Å². The molecule has 1 aliphatic heterocycles. The fraction of sp³-hybridized carbons (Fsp3) is 0.750. The van der Waals surface area contributed by atoms with E-state index in [-0.39, 0.29) is 6.04 Å². The number of rotatable bonds is 6. The normalized spacial score (nSPS) is 21.2. The Labute approximate surface area is 112 Å². The van der Waals surface area contributed by atoms with Crippen LogP contribution in [0.3, 0.4) is 0 Å². The number of nitrogens with one attached hydrogen (secondary N) is 1. The highest BCUT2D eigenvalue weighted by molar-refractivity contribution is 8.00. The zero-order valence-electron chi connectivity index (χ0n) is 11.1. The predicted octanol–water partition coefficient (Wildman–Crippen LogP) is 1.70. The maximum atomic E-state index is 5.77. The van der Waals surface area contributed by atoms with Gasteiger partial charge in [0.15, 0.2) is 5.75 Å². The lowest BCUT2D eigenvalue weighted by molar-refractivity contribution is 0.386. The molecule has 3 N–H and O–H groups in total. The number of aryl methyl sites for hydroxylation is 1. The molecule has 0 amide bonds. The third-order valence-electron chi connectivity index (χ3n) is 3.31. The minimum absolute atomic E-state index is 0.112. The van der Waals surface area contributed by atoms with Crippen molar-refractivity contribution in [3.05, 3.63) is 11.9 Å². The second-order valence-electron chi connectivity index (χ2n) is 4.52. The van der Waals surface area contributed by atoms with Crippen molar-refractivity contribution >= 4 is 11.8 Å². The lowest BCUT2D eigenvalue weighted by Crippen LogP contribution is -2.36. The van der Waals surface area contributed by atoms with E-state index in [4.69, 9.17) is 10.6 Å². The maximum Gasteiger partial charge on any atom is 0.161 e. The second kappa shape index (κ2) is 6.45. The molecule has 102 valence electrons. The van der Waals surface area contributed by atoms with Gasteiger partial charge in [0, 0.05) is 11.8 Å². The fourth-order valence-corrected chi connectivity index (χ4v) is 3.84. The maximum absolute atomic E-state index is 5.77. The van der Waals surface area contributed by atoms with Gasteiger partial charge in [0.05, 0.1) is 25.0 Å². The van der Waals surface area contributed by atoms with E-state index in [1.54, 1.807) is 13.3 Å². The number of ether oxygens (including phenoxy) is 1. The van der Waals surface area contributed by atoms with E-state index in [9.17, 15) is 0 Å². The number of hydrazine groups is 1. The molecule has 1 fully saturated rings. The average molecular weight is 270 g/mol. The Bertz CT molecular complexity index is 376. The topological polar surface area (TPSA) is 65.1 Å². The van der Waals surface area contributed by atoms with E-state index in [1.165, 1.54) is 18.6 Å². The van der Waals surface area contributed by atoms with E-state index >= 15 is 0 Å². The smallest absolute Gasteiger partial charge is 0.161 e. The number of methoxy groups -OCH3 is 1. The van der Waals surface area contributed by atoms with Crippen LogP contribution in [-0.2, 0) is 6.54 Å². The van der Waals surface area contributed by atoms with Gasteiger partial charge in [-0.2, -0.15) is 16.9 Å². The van der Waals surface area contributed by atoms with Crippen molar-refractivity contribution in [1.29, 1.82) is 0 Å². The molecule has 0 spiro atoms. The fourth-order valence-electron chi connectivity index (χ4n) is 2.47. The first kappa shape index (κ1) is 13.7. The summed E-state index contributed by atoms with van der Waals surface area (Å²) < 4.78 is 7.44. The summed E-state index contributed by atoms with van der Waals surface area (Å²) in [6, 6.07) is 0.112. The molecular formula is C12H22N4OS. The highest BCUT2D eigenvalue weighted by atomic mass is 32.2. The van der Waals surface area contributed by atoms with Crippen molar-refractivity contribution in [3.8, 4) is 5.75 Å². The Morgan fingerprint density at radius 3 is 3.11 bits per heavy atom. The van der Waals surface area contributed by atoms with Crippen molar-refractivity contribution in [2.24, 2.45) is 5.84 Å². The summed E-state index contributed by atoms with van der Waals surface area (Å²) in [5, 5.41) is 4.91. The van der Waals surface area contributed by atoms with E-state index < -0.39 is 0 Å². The van der Waals surface area contributed by atoms with E-state index in [2.05, 4.69) is 17.4 Å². The van der Waals surface area contributed by atoms with Crippen LogP contribution in [-0.4, -0.2) is 27.9 Å². The van der Waals surface area contributed by atoms with Crippen LogP contribution in [0.4, 0.5) is 0 Å². The molecule has 1 aliphatic rings. The molecule has 6 heteroatoms. The minimum Gasteiger partial charge on any atom is -0.493 e. The number of hydrogen-bond acceptors (Lipinski definition) is 5. The summed E-state index contributed by atoms with van der Waals surface area (Å²) in [7, 11) is 1.69. The Morgan fingerprint density at radius 1 is 1.72 bits per heavy atom. The monoisotopic (exact) mass is 270 g/mol. The van der Waals surface area contributed by atoms with Gasteiger partial charge in [-0.3, -0.25) is 16.0 Å². The van der Waals surface area contributed by atoms with Crippen LogP contribution in [0.1, 0.15) is 37.9 Å². The largest absolute Gasteiger partial charge is 0.493 e. The molecule has 2 atom stereocenters. The van der Waals surface area contributed by atoms with Gasteiger partial charge in [-0.25, -0.2) is 0 Å². The summed E-state index contributed by atoms with van der Waals surface area (Å²) in [4.78, 5) is 0. The van der Waals surface area contributed by atoms with Crippen molar-refractivity contribution in [3.63, 3.8) is 0 Å². The number of thioether (sulfide) groups is 1. The van der Waals surface area contributed by atoms with Gasteiger partial charge >= 0.3 is 0 Å². The number of nitrogens with zero attached hydrogens (tertiary/aromatic N) is 2. The molecule has 5 nitrogen and oxygen atoms in total. The summed E-state index contributed by atoms with van der Waals surface area (Å²) in [5.41, 5.74) is 4.04. The van der Waals surface area contributed by atoms with E-state index in [0.29, 0.717) is 5.25 Å². The standard InChI is InChI=1S/C12H22N4OS/c1-3-6-16-12(9(17-2)8-14-16)11(15-13)10-5-4-7-18-10/h8,10-11,15H,3-7,13H2,1-2H3. The average Bonchev–Trinajstić information content (AvgIpc) is 3.02. The summed E-state index contributed by atoms with van der Waals surface area (Å²) >= 11 is 1.98. The van der Waals surface area contributed by atoms with Gasteiger partial charge in [0.1, 0.15) is 0 Å². The van der Waals surface area contributed by atoms with Crippen LogP contribution in [0.25, 0.3) is 0 Å². The lowest BCUT2D eigenvalue weighted by atomic mass is 10.1. The van der Waals surface area contributed by atoms with Gasteiger partial charge in [-0.05, 0) is 25.0 Å². The molecule has 1 aromatic heterocycles. The summed E-state index contributed by atoms with van der Waals surface area (Å²) in [6.07, 6.45) is 5.29. The quantitative estimate of drug-likeness (QED) is 0.608. The Balaban J connectivity index is 2.29. The Morgan fingerprint density at radius 2 is 2.56 bits per heavy atom. The van der Waals surface area contributed by atoms with Crippen LogP contribution < -0.4 is 16.0 Å². The predicted molar refractivity (Wildman–Crippen MR) is 74.6 cm³/mol. The lowest BCUT2D eigenvalue weighted by Gasteiger charge is -2.23. The number of hydrogen-bond donors (Lipinski definition) is 2. The molecule has 0 radical (unpaired) electrons. The van der Waals surface area contributed by atoms with Crippen LogP contribution in [0.5, 0.6) is 5.75 Å². The van der Waals surface area contributed by atoms with Crippen LogP contribution >= 0.6 is 11.8 Å². The van der Waals surface area contributed by atoms with Crippen molar-refractivity contribution in [2.75, 3.05) is 12.9 Å². The SMILES string of the molecule is CCCn1ncc(OC)c1C(NN)C1CCCS1. The molecule has 0 bridgehead atoms. The molecule has 18 heavy (non-hydrogen) atoms. The Kier molecular flexibility index (Phi) is 4.91. The molecule has 0 saturated carbocycles. The molecule has 2 rings (SSSR count). The summed E-state index contributed by atoms with van der Waals surface area (Å²) in [6.45, 7) is 3.04. The van der Waals surface area contributed by atoms with Crippen molar-refractivity contribution in [1.82, 2.24) is 15.2 Å². The third kappa shape index (κ3) is 2.65. The van der Waals surface area contributed by atoms with Gasteiger partial charge in [0.25, 0.3) is 0 Å². The minimum atomic E-state index is 0.112. The molecule has 0 aliphatic carbocycles. The molecule has 1 aromatic rings. The second-order valence-corrected chi connectivity index (χ2v) is 5.86. The van der Waals surface area contributed by atoms with Crippen LogP contribution in [0, 0.1) is 0 Å². The zero-order valence-corrected chi connectivity index (χ0v) is 11.9. The highest BCUT2D eigenvalue weighted by Crippen LogP contribution is 2.38. The molecule has 0 aromatic carbocycles. The molecule has 2 unspecified atom stereocenters. The Hall–Kier alpha value is -0.720. The van der Waals surface area contributed by atoms with Crippen LogP contribution in [0.2, 0.25) is 0 Å². The van der Waals surface area contributed by atoms with E-state index in [1.807, 2.05) is 16.4 Å². The van der Waals surface area contributed by atoms with Gasteiger partial charge in [-0.1, -0.05) is 6.92 Å². The number of nitrogens with two attached hydrogens (primary N) is 1. The molecular weight excluding hydrogens is 248 g/mol. The molecule has 2 heterocycles. The number of aromatic nitrogens is 2. The highest BCUT2D eigenvalue weighted by Gasteiger charge is 2.31. The molecule has 1 saturated heterocycles. The van der Waals surface area contributed by atoms with Gasteiger partial charge in [-0.15, -0.1) is 0 Å². The van der Waals surface area contributed by atoms with E-state index in [0.717, 1.165) is 24.4 Å². The van der Waals surface area contributed by atoms with Gasteiger partial charge < -0.3 is 4.74 Å². The first-order valence-electron chi connectivity index (χ1n) is 6.49. The summed E-state index contributed by atoms with van der Waals surface area (Å²) in [5.74, 6) is 7.82. The van der Waals surface area contributed by atoms with Gasteiger partial charge in [0.2, 0.25) is 0 Å². The zero-order chi connectivity index (χ0) is 13.0. The third-order valence-corrected chi connectivity index (χ3v) is 4.77.